The van der Waals surface area contributed by atoms with Gasteiger partial charge in [0, 0.05) is 43.0 Å². The van der Waals surface area contributed by atoms with Gasteiger partial charge in [0.15, 0.2) is 11.5 Å². The number of carbonyl (C=O) groups is 1. The Balaban J connectivity index is 1.25. The van der Waals surface area contributed by atoms with E-state index in [-0.39, 0.29) is 5.91 Å². The van der Waals surface area contributed by atoms with Gasteiger partial charge in [-0.25, -0.2) is 0 Å². The second-order valence-electron chi connectivity index (χ2n) is 7.70. The smallest absolute Gasteiger partial charge is 0.227 e. The molecule has 2 aliphatic rings. The summed E-state index contributed by atoms with van der Waals surface area (Å²) < 4.78 is 1.78. The molecule has 0 spiro atoms. The summed E-state index contributed by atoms with van der Waals surface area (Å²) in [7, 11) is 0. The Morgan fingerprint density at radius 1 is 1.07 bits per heavy atom. The lowest BCUT2D eigenvalue weighted by molar-refractivity contribution is -0.129. The second kappa shape index (κ2) is 6.74. The number of halogens is 1. The maximum Gasteiger partial charge on any atom is 0.227 e. The van der Waals surface area contributed by atoms with Crippen molar-refractivity contribution in [2.45, 2.75) is 13.3 Å². The maximum absolute atomic E-state index is 12.7. The first kappa shape index (κ1) is 17.4. The number of likely N-dealkylation sites (tertiary alicyclic amines) is 1. The van der Waals surface area contributed by atoms with E-state index in [1.165, 1.54) is 0 Å². The summed E-state index contributed by atoms with van der Waals surface area (Å²) in [6, 6.07) is 11.5. The number of hydrogen-bond donors (Lipinski definition) is 0. The summed E-state index contributed by atoms with van der Waals surface area (Å²) in [4.78, 5) is 17.0. The number of hydrogen-bond acceptors (Lipinski definition) is 5. The van der Waals surface area contributed by atoms with Gasteiger partial charge in [0.05, 0.1) is 6.42 Å². The Morgan fingerprint density at radius 3 is 2.57 bits per heavy atom. The number of amides is 1. The predicted molar refractivity (Wildman–Crippen MR) is 106 cm³/mol. The van der Waals surface area contributed by atoms with E-state index in [0.717, 1.165) is 49.0 Å². The van der Waals surface area contributed by atoms with Crippen molar-refractivity contribution in [1.82, 2.24) is 24.7 Å². The van der Waals surface area contributed by atoms with Gasteiger partial charge >= 0.3 is 0 Å². The molecule has 2 saturated heterocycles. The number of aryl methyl sites for hydroxylation is 1. The van der Waals surface area contributed by atoms with Crippen LogP contribution in [0.15, 0.2) is 36.4 Å². The average Bonchev–Trinajstić information content (AvgIpc) is 3.37. The largest absolute Gasteiger partial charge is 0.354 e. The molecule has 2 aromatic heterocycles. The zero-order chi connectivity index (χ0) is 19.3. The van der Waals surface area contributed by atoms with E-state index in [4.69, 9.17) is 11.6 Å². The Hall–Kier alpha value is -2.67. The zero-order valence-corrected chi connectivity index (χ0v) is 16.4. The van der Waals surface area contributed by atoms with Crippen LogP contribution in [0.2, 0.25) is 5.02 Å². The van der Waals surface area contributed by atoms with Crippen molar-refractivity contribution in [2.24, 2.45) is 11.8 Å². The molecule has 7 nitrogen and oxygen atoms in total. The molecule has 8 heteroatoms. The summed E-state index contributed by atoms with van der Waals surface area (Å²) in [5, 5.41) is 13.5. The normalized spacial score (nSPS) is 21.5. The van der Waals surface area contributed by atoms with Crippen molar-refractivity contribution in [1.29, 1.82) is 0 Å². The van der Waals surface area contributed by atoms with Crippen molar-refractivity contribution in [2.75, 3.05) is 31.1 Å². The molecule has 3 aromatic rings. The monoisotopic (exact) mass is 396 g/mol. The van der Waals surface area contributed by atoms with Crippen molar-refractivity contribution < 1.29 is 4.79 Å². The molecular weight excluding hydrogens is 376 g/mol. The quantitative estimate of drug-likeness (QED) is 0.679. The Bertz CT molecular complexity index is 1040. The zero-order valence-electron chi connectivity index (χ0n) is 15.6. The van der Waals surface area contributed by atoms with E-state index >= 15 is 0 Å². The highest BCUT2D eigenvalue weighted by atomic mass is 35.5. The summed E-state index contributed by atoms with van der Waals surface area (Å²) in [6.07, 6.45) is 0.369. The summed E-state index contributed by atoms with van der Waals surface area (Å²) in [5.41, 5.74) is 1.66. The third-order valence-corrected chi connectivity index (χ3v) is 6.24. The van der Waals surface area contributed by atoms with Gasteiger partial charge in [0.1, 0.15) is 5.82 Å². The number of carbonyl (C=O) groups excluding carboxylic acids is 1. The Morgan fingerprint density at radius 2 is 1.82 bits per heavy atom. The molecule has 1 aromatic carbocycles. The first-order valence-electron chi connectivity index (χ1n) is 9.53. The highest BCUT2D eigenvalue weighted by Crippen LogP contribution is 2.33. The minimum absolute atomic E-state index is 0.161. The minimum atomic E-state index is 0.161. The topological polar surface area (TPSA) is 66.6 Å². The fourth-order valence-corrected chi connectivity index (χ4v) is 4.56. The first-order chi connectivity index (χ1) is 13.6. The Labute approximate surface area is 167 Å². The molecule has 28 heavy (non-hydrogen) atoms. The molecule has 144 valence electrons. The van der Waals surface area contributed by atoms with Crippen LogP contribution in [0.3, 0.4) is 0 Å². The fourth-order valence-electron chi connectivity index (χ4n) is 4.36. The van der Waals surface area contributed by atoms with E-state index in [9.17, 15) is 4.79 Å². The second-order valence-corrected chi connectivity index (χ2v) is 8.11. The molecule has 0 saturated carbocycles. The van der Waals surface area contributed by atoms with Gasteiger partial charge in [0.2, 0.25) is 5.91 Å². The van der Waals surface area contributed by atoms with Crippen molar-refractivity contribution in [3.63, 3.8) is 0 Å². The lowest BCUT2D eigenvalue weighted by atomic mass is 10.0. The summed E-state index contributed by atoms with van der Waals surface area (Å²) >= 11 is 6.21. The number of anilines is 1. The van der Waals surface area contributed by atoms with Gasteiger partial charge in [-0.05, 0) is 30.7 Å². The van der Waals surface area contributed by atoms with Gasteiger partial charge < -0.3 is 9.80 Å². The highest BCUT2D eigenvalue weighted by molar-refractivity contribution is 6.31. The third kappa shape index (κ3) is 2.99. The van der Waals surface area contributed by atoms with Crippen molar-refractivity contribution in [3.05, 3.63) is 52.8 Å². The first-order valence-corrected chi connectivity index (χ1v) is 9.91. The molecule has 0 radical (unpaired) electrons. The predicted octanol–water partition coefficient (Wildman–Crippen LogP) is 2.22. The SMILES string of the molecule is Cc1nnc2ccc(N3CC4CN(C(=O)Cc5ccccc5Cl)CC4C3)nn12. The number of rotatable bonds is 3. The van der Waals surface area contributed by atoms with Gasteiger partial charge in [-0.2, -0.15) is 4.52 Å². The van der Waals surface area contributed by atoms with Crippen LogP contribution in [0.25, 0.3) is 5.65 Å². The molecule has 0 N–H and O–H groups in total. The molecule has 1 amide bonds. The van der Waals surface area contributed by atoms with Crippen molar-refractivity contribution in [3.8, 4) is 0 Å². The Kier molecular flexibility index (Phi) is 4.19. The van der Waals surface area contributed by atoms with Crippen LogP contribution >= 0.6 is 11.6 Å². The molecule has 0 aliphatic carbocycles. The van der Waals surface area contributed by atoms with E-state index in [0.29, 0.717) is 23.3 Å². The molecular formula is C20H21ClN6O. The van der Waals surface area contributed by atoms with Crippen LogP contribution in [-0.4, -0.2) is 56.8 Å². The van der Waals surface area contributed by atoms with Crippen LogP contribution in [-0.2, 0) is 11.2 Å². The maximum atomic E-state index is 12.7. The van der Waals surface area contributed by atoms with Gasteiger partial charge in [0.25, 0.3) is 0 Å². The number of benzene rings is 1. The average molecular weight is 397 g/mol. The number of fused-ring (bicyclic) bond motifs is 2. The molecule has 4 heterocycles. The number of aromatic nitrogens is 4. The van der Waals surface area contributed by atoms with E-state index < -0.39 is 0 Å². The fraction of sp³-hybridized carbons (Fsp3) is 0.400. The lowest BCUT2D eigenvalue weighted by Gasteiger charge is -2.22. The standard InChI is InChI=1S/C20H21ClN6O/c1-13-22-23-18-6-7-19(24-27(13)18)25-9-15-11-26(12-16(15)10-25)20(28)8-14-4-2-3-5-17(14)21/h2-7,15-16H,8-12H2,1H3. The van der Waals surface area contributed by atoms with Crippen LogP contribution in [0, 0.1) is 18.8 Å². The third-order valence-electron chi connectivity index (χ3n) is 5.87. The van der Waals surface area contributed by atoms with Gasteiger partial charge in [-0.3, -0.25) is 4.79 Å². The molecule has 2 aliphatic heterocycles. The molecule has 5 rings (SSSR count). The molecule has 2 fully saturated rings. The van der Waals surface area contributed by atoms with E-state index in [2.05, 4.69) is 20.2 Å². The van der Waals surface area contributed by atoms with Crippen molar-refractivity contribution >= 4 is 29.0 Å². The van der Waals surface area contributed by atoms with Crippen LogP contribution in [0.4, 0.5) is 5.82 Å². The van der Waals surface area contributed by atoms with Gasteiger partial charge in [-0.15, -0.1) is 15.3 Å². The summed E-state index contributed by atoms with van der Waals surface area (Å²) in [5.74, 6) is 2.85. The van der Waals surface area contributed by atoms with E-state index in [1.54, 1.807) is 4.52 Å². The van der Waals surface area contributed by atoms with Crippen LogP contribution in [0.5, 0.6) is 0 Å². The lowest BCUT2D eigenvalue weighted by Crippen LogP contribution is -2.34. The highest BCUT2D eigenvalue weighted by Gasteiger charge is 2.42. The van der Waals surface area contributed by atoms with Gasteiger partial charge in [-0.1, -0.05) is 29.8 Å². The number of nitrogens with zero attached hydrogens (tertiary/aromatic N) is 6. The summed E-state index contributed by atoms with van der Waals surface area (Å²) in [6.45, 7) is 5.34. The van der Waals surface area contributed by atoms with Crippen LogP contribution < -0.4 is 4.90 Å². The molecule has 2 atom stereocenters. The van der Waals surface area contributed by atoms with E-state index in [1.807, 2.05) is 48.2 Å². The molecule has 0 bridgehead atoms. The molecule has 2 unspecified atom stereocenters. The minimum Gasteiger partial charge on any atom is -0.354 e. The van der Waals surface area contributed by atoms with Crippen LogP contribution in [0.1, 0.15) is 11.4 Å².